The summed E-state index contributed by atoms with van der Waals surface area (Å²) < 4.78 is 5.19. The van der Waals surface area contributed by atoms with Gasteiger partial charge in [0.05, 0.1) is 5.92 Å². The molecule has 1 aliphatic heterocycles. The molecular formula is C11H20N2O4. The van der Waals surface area contributed by atoms with Gasteiger partial charge in [-0.15, -0.1) is 0 Å². The normalized spacial score (nSPS) is 25.5. The Kier molecular flexibility index (Phi) is 3.98. The SMILES string of the molecule is CC(C)(C)OC(=O)N1C[C@@H](N)C[C@H](C(=O)O)C1. The second kappa shape index (κ2) is 4.91. The maximum Gasteiger partial charge on any atom is 0.410 e. The molecule has 0 saturated carbocycles. The first-order chi connectivity index (χ1) is 7.69. The lowest BCUT2D eigenvalue weighted by molar-refractivity contribution is -0.143. The number of ether oxygens (including phenoxy) is 1. The molecule has 0 unspecified atom stereocenters. The standard InChI is InChI=1S/C11H20N2O4/c1-11(2,3)17-10(16)13-5-7(9(14)15)4-8(12)6-13/h7-8H,4-6,12H2,1-3H3,(H,14,15)/t7-,8-/m0/s1. The van der Waals surface area contributed by atoms with E-state index < -0.39 is 23.6 Å². The Morgan fingerprint density at radius 1 is 1.35 bits per heavy atom. The minimum atomic E-state index is -0.922. The number of nitrogens with two attached hydrogens (primary N) is 1. The predicted octanol–water partition coefficient (Wildman–Crippen LogP) is 0.655. The van der Waals surface area contributed by atoms with Crippen molar-refractivity contribution in [3.05, 3.63) is 0 Å². The molecule has 0 spiro atoms. The van der Waals surface area contributed by atoms with Gasteiger partial charge in [-0.25, -0.2) is 4.79 Å². The zero-order chi connectivity index (χ0) is 13.2. The first-order valence-corrected chi connectivity index (χ1v) is 5.65. The number of aliphatic carboxylic acids is 1. The average molecular weight is 244 g/mol. The Bertz CT molecular complexity index is 311. The molecule has 0 radical (unpaired) electrons. The summed E-state index contributed by atoms with van der Waals surface area (Å²) >= 11 is 0. The maximum absolute atomic E-state index is 11.8. The van der Waals surface area contributed by atoms with Crippen molar-refractivity contribution in [3.63, 3.8) is 0 Å². The van der Waals surface area contributed by atoms with Gasteiger partial charge in [0, 0.05) is 19.1 Å². The predicted molar refractivity (Wildman–Crippen MR) is 61.5 cm³/mol. The van der Waals surface area contributed by atoms with E-state index in [-0.39, 0.29) is 12.6 Å². The Balaban J connectivity index is 2.64. The third-order valence-corrected chi connectivity index (χ3v) is 2.48. The molecule has 6 heteroatoms. The van der Waals surface area contributed by atoms with Gasteiger partial charge in [0.1, 0.15) is 5.60 Å². The number of amides is 1. The first kappa shape index (κ1) is 13.8. The first-order valence-electron chi connectivity index (χ1n) is 5.65. The zero-order valence-corrected chi connectivity index (χ0v) is 10.5. The van der Waals surface area contributed by atoms with Gasteiger partial charge in [-0.05, 0) is 27.2 Å². The highest BCUT2D eigenvalue weighted by Gasteiger charge is 2.34. The summed E-state index contributed by atoms with van der Waals surface area (Å²) in [5, 5.41) is 8.95. The number of carbonyl (C=O) groups is 2. The van der Waals surface area contributed by atoms with E-state index in [0.717, 1.165) is 0 Å². The Morgan fingerprint density at radius 2 is 1.94 bits per heavy atom. The minimum absolute atomic E-state index is 0.165. The molecule has 1 rings (SSSR count). The molecule has 17 heavy (non-hydrogen) atoms. The quantitative estimate of drug-likeness (QED) is 0.706. The summed E-state index contributed by atoms with van der Waals surface area (Å²) in [6.07, 6.45) is -0.104. The molecule has 0 bridgehead atoms. The van der Waals surface area contributed by atoms with Crippen LogP contribution in [0.25, 0.3) is 0 Å². The number of hydrogen-bond acceptors (Lipinski definition) is 4. The number of hydrogen-bond donors (Lipinski definition) is 2. The van der Waals surface area contributed by atoms with Crippen LogP contribution in [0.2, 0.25) is 0 Å². The third kappa shape index (κ3) is 4.22. The van der Waals surface area contributed by atoms with Gasteiger partial charge in [-0.1, -0.05) is 0 Å². The van der Waals surface area contributed by atoms with Crippen LogP contribution in [0.1, 0.15) is 27.2 Å². The van der Waals surface area contributed by atoms with Crippen molar-refractivity contribution in [2.75, 3.05) is 13.1 Å². The summed E-state index contributed by atoms with van der Waals surface area (Å²) in [4.78, 5) is 24.1. The van der Waals surface area contributed by atoms with E-state index in [4.69, 9.17) is 15.6 Å². The lowest BCUT2D eigenvalue weighted by atomic mass is 9.95. The van der Waals surface area contributed by atoms with Crippen LogP contribution < -0.4 is 5.73 Å². The second-order valence-corrected chi connectivity index (χ2v) is 5.42. The number of nitrogens with zero attached hydrogens (tertiary/aromatic N) is 1. The van der Waals surface area contributed by atoms with E-state index in [9.17, 15) is 9.59 Å². The van der Waals surface area contributed by atoms with Gasteiger partial charge >= 0.3 is 12.1 Å². The fourth-order valence-electron chi connectivity index (χ4n) is 1.79. The largest absolute Gasteiger partial charge is 0.481 e. The lowest BCUT2D eigenvalue weighted by Gasteiger charge is -2.35. The van der Waals surface area contributed by atoms with E-state index in [2.05, 4.69) is 0 Å². The fraction of sp³-hybridized carbons (Fsp3) is 0.818. The van der Waals surface area contributed by atoms with Crippen LogP contribution in [0.4, 0.5) is 4.79 Å². The van der Waals surface area contributed by atoms with E-state index >= 15 is 0 Å². The smallest absolute Gasteiger partial charge is 0.410 e. The summed E-state index contributed by atoms with van der Waals surface area (Å²) in [7, 11) is 0. The van der Waals surface area contributed by atoms with Crippen molar-refractivity contribution in [2.45, 2.75) is 38.8 Å². The lowest BCUT2D eigenvalue weighted by Crippen LogP contribution is -2.52. The van der Waals surface area contributed by atoms with Crippen LogP contribution in [-0.2, 0) is 9.53 Å². The van der Waals surface area contributed by atoms with Crippen molar-refractivity contribution in [2.24, 2.45) is 11.7 Å². The summed E-state index contributed by atoms with van der Waals surface area (Å²) in [6, 6.07) is -0.308. The van der Waals surface area contributed by atoms with Gasteiger partial charge in [-0.3, -0.25) is 4.79 Å². The van der Waals surface area contributed by atoms with Gasteiger partial charge in [-0.2, -0.15) is 0 Å². The van der Waals surface area contributed by atoms with Crippen LogP contribution in [0.5, 0.6) is 0 Å². The number of carboxylic acid groups (broad SMARTS) is 1. The average Bonchev–Trinajstić information content (AvgIpc) is 2.13. The summed E-state index contributed by atoms with van der Waals surface area (Å²) in [5.41, 5.74) is 5.16. The van der Waals surface area contributed by atoms with Gasteiger partial charge in [0.2, 0.25) is 0 Å². The molecule has 1 heterocycles. The Labute approximate surface area is 101 Å². The molecule has 0 aromatic heterocycles. The molecule has 1 saturated heterocycles. The van der Waals surface area contributed by atoms with Gasteiger partial charge < -0.3 is 20.5 Å². The molecular weight excluding hydrogens is 224 g/mol. The highest BCUT2D eigenvalue weighted by Crippen LogP contribution is 2.18. The van der Waals surface area contributed by atoms with Crippen molar-refractivity contribution < 1.29 is 19.4 Å². The van der Waals surface area contributed by atoms with Gasteiger partial charge in [0.15, 0.2) is 0 Å². The topological polar surface area (TPSA) is 92.9 Å². The van der Waals surface area contributed by atoms with Crippen molar-refractivity contribution in [1.29, 1.82) is 0 Å². The monoisotopic (exact) mass is 244 g/mol. The maximum atomic E-state index is 11.8. The van der Waals surface area contributed by atoms with Crippen molar-refractivity contribution in [1.82, 2.24) is 4.90 Å². The molecule has 2 atom stereocenters. The Hall–Kier alpha value is -1.30. The third-order valence-electron chi connectivity index (χ3n) is 2.48. The molecule has 1 fully saturated rings. The molecule has 1 aliphatic rings. The van der Waals surface area contributed by atoms with Crippen molar-refractivity contribution >= 4 is 12.1 Å². The second-order valence-electron chi connectivity index (χ2n) is 5.42. The van der Waals surface area contributed by atoms with E-state index in [1.807, 2.05) is 0 Å². The number of piperidine rings is 1. The minimum Gasteiger partial charge on any atom is -0.481 e. The number of carboxylic acids is 1. The Morgan fingerprint density at radius 3 is 2.41 bits per heavy atom. The molecule has 6 nitrogen and oxygen atoms in total. The van der Waals surface area contributed by atoms with Gasteiger partial charge in [0.25, 0.3) is 0 Å². The van der Waals surface area contributed by atoms with Crippen LogP contribution >= 0.6 is 0 Å². The van der Waals surface area contributed by atoms with Crippen molar-refractivity contribution in [3.8, 4) is 0 Å². The molecule has 0 aliphatic carbocycles. The summed E-state index contributed by atoms with van der Waals surface area (Å²) in [6.45, 7) is 5.81. The van der Waals surface area contributed by atoms with E-state index in [0.29, 0.717) is 13.0 Å². The van der Waals surface area contributed by atoms with Crippen LogP contribution in [0.3, 0.4) is 0 Å². The molecule has 3 N–H and O–H groups in total. The number of carbonyl (C=O) groups excluding carboxylic acids is 1. The van der Waals surface area contributed by atoms with Crippen LogP contribution in [-0.4, -0.2) is 46.8 Å². The fourth-order valence-corrected chi connectivity index (χ4v) is 1.79. The summed E-state index contributed by atoms with van der Waals surface area (Å²) in [5.74, 6) is -1.53. The number of rotatable bonds is 1. The number of likely N-dealkylation sites (tertiary alicyclic amines) is 1. The van der Waals surface area contributed by atoms with E-state index in [1.54, 1.807) is 20.8 Å². The highest BCUT2D eigenvalue weighted by atomic mass is 16.6. The molecule has 0 aromatic rings. The van der Waals surface area contributed by atoms with E-state index in [1.165, 1.54) is 4.90 Å². The molecule has 1 amide bonds. The molecule has 0 aromatic carbocycles. The van der Waals surface area contributed by atoms with Crippen LogP contribution in [0, 0.1) is 5.92 Å². The molecule has 98 valence electrons. The highest BCUT2D eigenvalue weighted by molar-refractivity contribution is 5.73. The van der Waals surface area contributed by atoms with Crippen LogP contribution in [0.15, 0.2) is 0 Å². The zero-order valence-electron chi connectivity index (χ0n) is 10.5.